The van der Waals surface area contributed by atoms with E-state index in [0.29, 0.717) is 5.56 Å². The van der Waals surface area contributed by atoms with Crippen LogP contribution in [0.4, 0.5) is 13.2 Å². The van der Waals surface area contributed by atoms with Gasteiger partial charge in [-0.2, -0.15) is 13.2 Å². The average molecular weight is 280 g/mol. The largest absolute Gasteiger partial charge is 0.416 e. The number of halogens is 3. The van der Waals surface area contributed by atoms with Gasteiger partial charge in [0, 0.05) is 0 Å². The van der Waals surface area contributed by atoms with E-state index in [-0.39, 0.29) is 5.56 Å². The molecule has 20 heavy (non-hydrogen) atoms. The predicted molar refractivity (Wildman–Crippen MR) is 71.8 cm³/mol. The van der Waals surface area contributed by atoms with Crippen LogP contribution >= 0.6 is 0 Å². The number of hydrogen-bond acceptors (Lipinski definition) is 2. The monoisotopic (exact) mass is 280 g/mol. The standard InChI is InChI=1S/C15H15F3N2/c1-10-6-8-11(9-7-10)14(20-19)12-4-2-3-5-13(12)15(16,17)18/h2-9,14,20H,19H2,1H3. The van der Waals surface area contributed by atoms with Crippen molar-refractivity contribution in [1.29, 1.82) is 0 Å². The Morgan fingerprint density at radius 2 is 1.60 bits per heavy atom. The van der Waals surface area contributed by atoms with Crippen molar-refractivity contribution in [3.05, 3.63) is 70.8 Å². The Balaban J connectivity index is 2.50. The first-order valence-corrected chi connectivity index (χ1v) is 6.12. The van der Waals surface area contributed by atoms with E-state index >= 15 is 0 Å². The Labute approximate surface area is 115 Å². The fraction of sp³-hybridized carbons (Fsp3) is 0.200. The van der Waals surface area contributed by atoms with Crippen molar-refractivity contribution in [2.24, 2.45) is 5.84 Å². The van der Waals surface area contributed by atoms with Gasteiger partial charge in [0.05, 0.1) is 11.6 Å². The van der Waals surface area contributed by atoms with Crippen molar-refractivity contribution >= 4 is 0 Å². The summed E-state index contributed by atoms with van der Waals surface area (Å²) in [6.45, 7) is 1.92. The highest BCUT2D eigenvalue weighted by molar-refractivity contribution is 5.39. The highest BCUT2D eigenvalue weighted by Gasteiger charge is 2.35. The molecule has 5 heteroatoms. The summed E-state index contributed by atoms with van der Waals surface area (Å²) in [4.78, 5) is 0. The van der Waals surface area contributed by atoms with Crippen LogP contribution < -0.4 is 11.3 Å². The number of hydrogen-bond donors (Lipinski definition) is 2. The maximum Gasteiger partial charge on any atom is 0.416 e. The van der Waals surface area contributed by atoms with Crippen LogP contribution in [0.3, 0.4) is 0 Å². The Bertz CT molecular complexity index is 576. The molecule has 0 heterocycles. The number of nitrogens with two attached hydrogens (primary N) is 1. The Morgan fingerprint density at radius 1 is 1.00 bits per heavy atom. The summed E-state index contributed by atoms with van der Waals surface area (Å²) in [5.41, 5.74) is 3.63. The smallest absolute Gasteiger partial charge is 0.271 e. The molecule has 106 valence electrons. The second-order valence-electron chi connectivity index (χ2n) is 4.60. The highest BCUT2D eigenvalue weighted by atomic mass is 19.4. The molecule has 1 atom stereocenters. The summed E-state index contributed by atoms with van der Waals surface area (Å²) in [5, 5.41) is 0. The van der Waals surface area contributed by atoms with Gasteiger partial charge in [-0.25, -0.2) is 5.43 Å². The van der Waals surface area contributed by atoms with E-state index < -0.39 is 17.8 Å². The van der Waals surface area contributed by atoms with E-state index in [1.807, 2.05) is 19.1 Å². The number of rotatable bonds is 3. The molecule has 0 spiro atoms. The molecule has 0 bridgehead atoms. The van der Waals surface area contributed by atoms with Crippen LogP contribution in [0.15, 0.2) is 48.5 Å². The molecule has 2 nitrogen and oxygen atoms in total. The molecule has 3 N–H and O–H groups in total. The number of aryl methyl sites for hydroxylation is 1. The third kappa shape index (κ3) is 3.00. The summed E-state index contributed by atoms with van der Waals surface area (Å²) in [6, 6.07) is 12.0. The maximum atomic E-state index is 13.1. The zero-order valence-electron chi connectivity index (χ0n) is 10.9. The summed E-state index contributed by atoms with van der Waals surface area (Å²) in [7, 11) is 0. The van der Waals surface area contributed by atoms with Crippen molar-refractivity contribution in [2.45, 2.75) is 19.1 Å². The van der Waals surface area contributed by atoms with E-state index in [1.54, 1.807) is 18.2 Å². The van der Waals surface area contributed by atoms with Crippen LogP contribution in [0, 0.1) is 6.92 Å². The zero-order valence-corrected chi connectivity index (χ0v) is 10.9. The Kier molecular flexibility index (Phi) is 4.11. The average Bonchev–Trinajstić information content (AvgIpc) is 2.41. The molecule has 0 fully saturated rings. The van der Waals surface area contributed by atoms with Crippen LogP contribution in [0.2, 0.25) is 0 Å². The first kappa shape index (κ1) is 14.6. The van der Waals surface area contributed by atoms with Crippen molar-refractivity contribution in [3.63, 3.8) is 0 Å². The van der Waals surface area contributed by atoms with E-state index in [0.717, 1.165) is 11.6 Å². The minimum Gasteiger partial charge on any atom is -0.271 e. The van der Waals surface area contributed by atoms with Crippen LogP contribution in [-0.2, 0) is 6.18 Å². The van der Waals surface area contributed by atoms with E-state index in [2.05, 4.69) is 5.43 Å². The highest BCUT2D eigenvalue weighted by Crippen LogP contribution is 2.36. The number of benzene rings is 2. The molecule has 0 saturated carbocycles. The van der Waals surface area contributed by atoms with Crippen LogP contribution in [0.1, 0.15) is 28.3 Å². The van der Waals surface area contributed by atoms with Gasteiger partial charge in [0.1, 0.15) is 0 Å². The third-order valence-electron chi connectivity index (χ3n) is 3.15. The molecule has 0 saturated heterocycles. The first-order chi connectivity index (χ1) is 9.43. The lowest BCUT2D eigenvalue weighted by molar-refractivity contribution is -0.138. The van der Waals surface area contributed by atoms with E-state index in [9.17, 15) is 13.2 Å². The van der Waals surface area contributed by atoms with E-state index in [1.165, 1.54) is 12.1 Å². The van der Waals surface area contributed by atoms with Crippen LogP contribution in [-0.4, -0.2) is 0 Å². The molecule has 0 aromatic heterocycles. The number of hydrazine groups is 1. The van der Waals surface area contributed by atoms with Gasteiger partial charge in [0.25, 0.3) is 0 Å². The molecular weight excluding hydrogens is 265 g/mol. The fourth-order valence-corrected chi connectivity index (χ4v) is 2.13. The first-order valence-electron chi connectivity index (χ1n) is 6.12. The van der Waals surface area contributed by atoms with Crippen LogP contribution in [0.25, 0.3) is 0 Å². The SMILES string of the molecule is Cc1ccc(C(NN)c2ccccc2C(F)(F)F)cc1. The molecule has 0 aliphatic rings. The molecule has 0 radical (unpaired) electrons. The normalized spacial score (nSPS) is 13.2. The lowest BCUT2D eigenvalue weighted by atomic mass is 9.94. The minimum absolute atomic E-state index is 0.117. The van der Waals surface area contributed by atoms with Gasteiger partial charge in [0.15, 0.2) is 0 Å². The minimum atomic E-state index is -4.41. The van der Waals surface area contributed by atoms with Crippen LogP contribution in [0.5, 0.6) is 0 Å². The molecule has 1 unspecified atom stereocenters. The lowest BCUT2D eigenvalue weighted by Crippen LogP contribution is -2.30. The third-order valence-corrected chi connectivity index (χ3v) is 3.15. The lowest BCUT2D eigenvalue weighted by Gasteiger charge is -2.21. The van der Waals surface area contributed by atoms with Gasteiger partial charge in [0.2, 0.25) is 0 Å². The molecule has 2 aromatic rings. The molecule has 2 rings (SSSR count). The second-order valence-corrected chi connectivity index (χ2v) is 4.60. The topological polar surface area (TPSA) is 38.0 Å². The molecule has 0 amide bonds. The number of alkyl halides is 3. The zero-order chi connectivity index (χ0) is 14.8. The van der Waals surface area contributed by atoms with Gasteiger partial charge in [-0.05, 0) is 24.1 Å². The summed E-state index contributed by atoms with van der Waals surface area (Å²) < 4.78 is 39.2. The molecule has 2 aromatic carbocycles. The fourth-order valence-electron chi connectivity index (χ4n) is 2.13. The Hall–Kier alpha value is -1.85. The summed E-state index contributed by atoms with van der Waals surface area (Å²) in [6.07, 6.45) is -4.41. The van der Waals surface area contributed by atoms with Crippen molar-refractivity contribution in [3.8, 4) is 0 Å². The van der Waals surface area contributed by atoms with Gasteiger partial charge >= 0.3 is 6.18 Å². The predicted octanol–water partition coefficient (Wildman–Crippen LogP) is 3.57. The van der Waals surface area contributed by atoms with Gasteiger partial charge in [-0.3, -0.25) is 5.84 Å². The summed E-state index contributed by atoms with van der Waals surface area (Å²) in [5.74, 6) is 5.47. The van der Waals surface area contributed by atoms with Crippen molar-refractivity contribution in [2.75, 3.05) is 0 Å². The van der Waals surface area contributed by atoms with Crippen molar-refractivity contribution in [1.82, 2.24) is 5.43 Å². The molecule has 0 aliphatic heterocycles. The van der Waals surface area contributed by atoms with Crippen molar-refractivity contribution < 1.29 is 13.2 Å². The molecule has 0 aliphatic carbocycles. The van der Waals surface area contributed by atoms with E-state index in [4.69, 9.17) is 5.84 Å². The van der Waals surface area contributed by atoms with Gasteiger partial charge < -0.3 is 0 Å². The molecular formula is C15H15F3N2. The van der Waals surface area contributed by atoms with Gasteiger partial charge in [-0.15, -0.1) is 0 Å². The Morgan fingerprint density at radius 3 is 2.15 bits per heavy atom. The summed E-state index contributed by atoms with van der Waals surface area (Å²) >= 11 is 0. The van der Waals surface area contributed by atoms with Gasteiger partial charge in [-0.1, -0.05) is 48.0 Å². The number of nitrogens with one attached hydrogen (secondary N) is 1. The second kappa shape index (κ2) is 5.64. The maximum absolute atomic E-state index is 13.1. The quantitative estimate of drug-likeness (QED) is 0.666.